The molecule has 0 saturated heterocycles. The average molecular weight is 253 g/mol. The molecule has 1 heterocycles. The molecule has 0 unspecified atom stereocenters. The van der Waals surface area contributed by atoms with E-state index in [-0.39, 0.29) is 17.7 Å². The van der Waals surface area contributed by atoms with Crippen LogP contribution in [0.4, 0.5) is 5.69 Å². The van der Waals surface area contributed by atoms with Gasteiger partial charge in [0.2, 0.25) is 5.91 Å². The molecule has 17 heavy (non-hydrogen) atoms. The molecule has 0 radical (unpaired) electrons. The fourth-order valence-corrected chi connectivity index (χ4v) is 2.82. The minimum atomic E-state index is -0.780. The summed E-state index contributed by atoms with van der Waals surface area (Å²) in [6.07, 6.45) is 2.77. The second kappa shape index (κ2) is 5.31. The highest BCUT2D eigenvalue weighted by Crippen LogP contribution is 2.30. The van der Waals surface area contributed by atoms with Gasteiger partial charge in [0.15, 0.2) is 0 Å². The van der Waals surface area contributed by atoms with Gasteiger partial charge in [-0.2, -0.15) is 11.3 Å². The predicted molar refractivity (Wildman–Crippen MR) is 66.0 cm³/mol. The van der Waals surface area contributed by atoms with Crippen molar-refractivity contribution >= 4 is 28.9 Å². The van der Waals surface area contributed by atoms with Crippen molar-refractivity contribution in [1.82, 2.24) is 0 Å². The van der Waals surface area contributed by atoms with Crippen molar-refractivity contribution in [2.24, 2.45) is 11.8 Å². The van der Waals surface area contributed by atoms with E-state index in [0.717, 1.165) is 18.5 Å². The molecule has 1 aromatic rings. The van der Waals surface area contributed by atoms with Crippen LogP contribution >= 0.6 is 11.3 Å². The van der Waals surface area contributed by atoms with Crippen molar-refractivity contribution in [3.63, 3.8) is 0 Å². The number of carboxylic acids is 1. The summed E-state index contributed by atoms with van der Waals surface area (Å²) in [6, 6.07) is 1.85. The molecule has 2 N–H and O–H groups in total. The first-order valence-corrected chi connectivity index (χ1v) is 6.67. The first kappa shape index (κ1) is 12.1. The zero-order valence-corrected chi connectivity index (χ0v) is 10.2. The van der Waals surface area contributed by atoms with Crippen molar-refractivity contribution in [2.45, 2.75) is 25.7 Å². The molecular formula is C12H15NO3S. The molecule has 2 rings (SSSR count). The summed E-state index contributed by atoms with van der Waals surface area (Å²) in [5.41, 5.74) is 0.803. The van der Waals surface area contributed by atoms with E-state index in [1.165, 1.54) is 11.3 Å². The Bertz CT molecular complexity index is 402. The standard InChI is InChI=1S/C12H15NO3S/c14-11(13-10-4-5-17-7-10)8-2-1-3-9(6-8)12(15)16/h4-5,7-9H,1-3,6H2,(H,13,14)(H,15,16)/t8-,9-/m1/s1. The molecule has 0 aromatic carbocycles. The lowest BCUT2D eigenvalue weighted by Crippen LogP contribution is -2.30. The van der Waals surface area contributed by atoms with Crippen molar-refractivity contribution in [3.05, 3.63) is 16.8 Å². The summed E-state index contributed by atoms with van der Waals surface area (Å²) >= 11 is 1.52. The second-order valence-electron chi connectivity index (χ2n) is 4.40. The van der Waals surface area contributed by atoms with E-state index in [2.05, 4.69) is 5.32 Å². The minimum Gasteiger partial charge on any atom is -0.481 e. The lowest BCUT2D eigenvalue weighted by molar-refractivity contribution is -0.143. The van der Waals surface area contributed by atoms with E-state index in [9.17, 15) is 9.59 Å². The smallest absolute Gasteiger partial charge is 0.306 e. The van der Waals surface area contributed by atoms with Crippen molar-refractivity contribution in [3.8, 4) is 0 Å². The summed E-state index contributed by atoms with van der Waals surface area (Å²) < 4.78 is 0. The molecule has 2 atom stereocenters. The Balaban J connectivity index is 1.93. The zero-order chi connectivity index (χ0) is 12.3. The first-order valence-electron chi connectivity index (χ1n) is 5.72. The van der Waals surface area contributed by atoms with Gasteiger partial charge in [-0.1, -0.05) is 6.42 Å². The Hall–Kier alpha value is -1.36. The van der Waals surface area contributed by atoms with E-state index >= 15 is 0 Å². The average Bonchev–Trinajstić information content (AvgIpc) is 2.82. The number of carboxylic acid groups (broad SMARTS) is 1. The van der Waals surface area contributed by atoms with E-state index in [0.29, 0.717) is 12.8 Å². The molecule has 0 bridgehead atoms. The molecule has 4 nitrogen and oxygen atoms in total. The van der Waals surface area contributed by atoms with Crippen molar-refractivity contribution in [2.75, 3.05) is 5.32 Å². The molecule has 1 amide bonds. The largest absolute Gasteiger partial charge is 0.481 e. The number of thiophene rings is 1. The van der Waals surface area contributed by atoms with Crippen LogP contribution in [0.25, 0.3) is 0 Å². The van der Waals surface area contributed by atoms with Gasteiger partial charge in [0.05, 0.1) is 11.6 Å². The molecule has 5 heteroatoms. The van der Waals surface area contributed by atoms with Gasteiger partial charge in [-0.25, -0.2) is 0 Å². The Labute approximate surface area is 104 Å². The van der Waals surface area contributed by atoms with E-state index in [4.69, 9.17) is 5.11 Å². The van der Waals surface area contributed by atoms with Gasteiger partial charge in [0, 0.05) is 11.3 Å². The Morgan fingerprint density at radius 3 is 2.76 bits per heavy atom. The number of aliphatic carboxylic acids is 1. The Kier molecular flexibility index (Phi) is 3.78. The molecule has 1 fully saturated rings. The molecule has 1 aromatic heterocycles. The maximum Gasteiger partial charge on any atom is 0.306 e. The highest BCUT2D eigenvalue weighted by atomic mass is 32.1. The predicted octanol–water partition coefficient (Wildman–Crippen LogP) is 2.58. The molecule has 0 aliphatic heterocycles. The molecule has 92 valence electrons. The van der Waals surface area contributed by atoms with Gasteiger partial charge in [0.25, 0.3) is 0 Å². The van der Waals surface area contributed by atoms with Crippen LogP contribution in [0.3, 0.4) is 0 Å². The van der Waals surface area contributed by atoms with Gasteiger partial charge >= 0.3 is 5.97 Å². The quantitative estimate of drug-likeness (QED) is 0.870. The van der Waals surface area contributed by atoms with Crippen LogP contribution < -0.4 is 5.32 Å². The third-order valence-electron chi connectivity index (χ3n) is 3.18. The topological polar surface area (TPSA) is 66.4 Å². The van der Waals surface area contributed by atoms with Gasteiger partial charge in [0.1, 0.15) is 0 Å². The third kappa shape index (κ3) is 3.06. The maximum absolute atomic E-state index is 11.9. The van der Waals surface area contributed by atoms with Crippen molar-refractivity contribution < 1.29 is 14.7 Å². The summed E-state index contributed by atoms with van der Waals surface area (Å²) in [5.74, 6) is -1.35. The van der Waals surface area contributed by atoms with Gasteiger partial charge in [-0.05, 0) is 30.7 Å². The van der Waals surface area contributed by atoms with Crippen LogP contribution in [-0.4, -0.2) is 17.0 Å². The molecular weight excluding hydrogens is 238 g/mol. The number of hydrogen-bond acceptors (Lipinski definition) is 3. The van der Waals surface area contributed by atoms with Crippen LogP contribution in [0.1, 0.15) is 25.7 Å². The van der Waals surface area contributed by atoms with Crippen LogP contribution in [0, 0.1) is 11.8 Å². The van der Waals surface area contributed by atoms with E-state index in [1.807, 2.05) is 16.8 Å². The van der Waals surface area contributed by atoms with Gasteiger partial charge < -0.3 is 10.4 Å². The van der Waals surface area contributed by atoms with Crippen LogP contribution in [0.2, 0.25) is 0 Å². The van der Waals surface area contributed by atoms with Crippen LogP contribution in [-0.2, 0) is 9.59 Å². The van der Waals surface area contributed by atoms with E-state index in [1.54, 1.807) is 0 Å². The van der Waals surface area contributed by atoms with Crippen LogP contribution in [0.5, 0.6) is 0 Å². The number of amides is 1. The Morgan fingerprint density at radius 2 is 2.12 bits per heavy atom. The zero-order valence-electron chi connectivity index (χ0n) is 9.39. The Morgan fingerprint density at radius 1 is 1.35 bits per heavy atom. The monoisotopic (exact) mass is 253 g/mol. The molecule has 1 aliphatic rings. The highest BCUT2D eigenvalue weighted by Gasteiger charge is 2.30. The maximum atomic E-state index is 11.9. The normalized spacial score (nSPS) is 24.2. The van der Waals surface area contributed by atoms with Gasteiger partial charge in [-0.15, -0.1) is 0 Å². The number of carbonyl (C=O) groups is 2. The van der Waals surface area contributed by atoms with Gasteiger partial charge in [-0.3, -0.25) is 9.59 Å². The lowest BCUT2D eigenvalue weighted by atomic mass is 9.81. The van der Waals surface area contributed by atoms with Crippen LogP contribution in [0.15, 0.2) is 16.8 Å². The summed E-state index contributed by atoms with van der Waals surface area (Å²) in [4.78, 5) is 22.8. The number of rotatable bonds is 3. The molecule has 0 spiro atoms. The number of anilines is 1. The number of carbonyl (C=O) groups excluding carboxylic acids is 1. The SMILES string of the molecule is O=C(O)[C@@H]1CCC[C@@H](C(=O)Nc2ccsc2)C1. The fraction of sp³-hybridized carbons (Fsp3) is 0.500. The first-order chi connectivity index (χ1) is 8.16. The fourth-order valence-electron chi connectivity index (χ4n) is 2.23. The highest BCUT2D eigenvalue weighted by molar-refractivity contribution is 7.08. The summed E-state index contributed by atoms with van der Waals surface area (Å²) in [5, 5.41) is 15.6. The molecule has 1 aliphatic carbocycles. The second-order valence-corrected chi connectivity index (χ2v) is 5.18. The summed E-state index contributed by atoms with van der Waals surface area (Å²) in [7, 11) is 0. The van der Waals surface area contributed by atoms with Crippen molar-refractivity contribution in [1.29, 1.82) is 0 Å². The number of hydrogen-bond donors (Lipinski definition) is 2. The number of nitrogens with one attached hydrogen (secondary N) is 1. The lowest BCUT2D eigenvalue weighted by Gasteiger charge is -2.25. The summed E-state index contributed by atoms with van der Waals surface area (Å²) in [6.45, 7) is 0. The molecule has 1 saturated carbocycles. The third-order valence-corrected chi connectivity index (χ3v) is 3.87. The van der Waals surface area contributed by atoms with E-state index < -0.39 is 5.97 Å². The minimum absolute atomic E-state index is 0.0469.